The van der Waals surface area contributed by atoms with Gasteiger partial charge in [0.1, 0.15) is 11.9 Å². The smallest absolute Gasteiger partial charge is 0.150 e. The molecule has 0 bridgehead atoms. The number of rotatable bonds is 3. The predicted molar refractivity (Wildman–Crippen MR) is 115 cm³/mol. The van der Waals surface area contributed by atoms with Crippen molar-refractivity contribution in [2.75, 3.05) is 6.61 Å². The summed E-state index contributed by atoms with van der Waals surface area (Å²) in [4.78, 5) is 14.0. The van der Waals surface area contributed by atoms with Crippen molar-refractivity contribution in [1.29, 1.82) is 0 Å². The molecule has 5 heterocycles. The molecule has 146 valence electrons. The minimum absolute atomic E-state index is 0.0441. The van der Waals surface area contributed by atoms with Gasteiger partial charge >= 0.3 is 0 Å². The second-order valence-electron chi connectivity index (χ2n) is 7.25. The molecule has 1 saturated heterocycles. The number of hydrogen-bond acceptors (Lipinski definition) is 5. The minimum Gasteiger partial charge on any atom is -0.357 e. The third kappa shape index (κ3) is 3.68. The minimum atomic E-state index is -0.0441. The van der Waals surface area contributed by atoms with Gasteiger partial charge in [-0.3, -0.25) is 9.97 Å². The van der Waals surface area contributed by atoms with Gasteiger partial charge in [0, 0.05) is 34.7 Å². The van der Waals surface area contributed by atoms with Crippen LogP contribution in [-0.2, 0) is 4.74 Å². The van der Waals surface area contributed by atoms with Gasteiger partial charge in [0.2, 0.25) is 0 Å². The molecule has 1 unspecified atom stereocenters. The number of ether oxygens (including phenoxy) is 1. The number of pyridine rings is 3. The third-order valence-electron chi connectivity index (χ3n) is 5.09. The molecule has 1 atom stereocenters. The van der Waals surface area contributed by atoms with Crippen molar-refractivity contribution in [3.8, 4) is 22.6 Å². The molecule has 0 saturated carbocycles. The summed E-state index contributed by atoms with van der Waals surface area (Å²) in [5.74, 6) is 0. The average Bonchev–Trinajstić information content (AvgIpc) is 3.19. The molecule has 7 heteroatoms. The van der Waals surface area contributed by atoms with Crippen LogP contribution in [0.4, 0.5) is 0 Å². The Morgan fingerprint density at radius 1 is 1.07 bits per heavy atom. The van der Waals surface area contributed by atoms with Crippen LogP contribution in [0, 0.1) is 6.92 Å². The van der Waals surface area contributed by atoms with Crippen LogP contribution < -0.4 is 0 Å². The van der Waals surface area contributed by atoms with E-state index in [0.29, 0.717) is 0 Å². The van der Waals surface area contributed by atoms with Crippen LogP contribution in [0.15, 0.2) is 53.3 Å². The lowest BCUT2D eigenvalue weighted by molar-refractivity contribution is -0.0393. The van der Waals surface area contributed by atoms with E-state index in [1.807, 2.05) is 54.2 Å². The molecule has 4 aromatic heterocycles. The highest BCUT2D eigenvalue weighted by molar-refractivity contribution is 9.10. The molecule has 0 spiro atoms. The molecule has 1 aliphatic rings. The molecule has 0 aliphatic carbocycles. The van der Waals surface area contributed by atoms with Crippen LogP contribution in [-0.4, -0.2) is 31.3 Å². The maximum atomic E-state index is 5.96. The number of hydrogen-bond donors (Lipinski definition) is 0. The van der Waals surface area contributed by atoms with E-state index in [9.17, 15) is 0 Å². The maximum Gasteiger partial charge on any atom is 0.150 e. The summed E-state index contributed by atoms with van der Waals surface area (Å²) in [5, 5.41) is 4.88. The molecule has 1 aliphatic heterocycles. The monoisotopic (exact) mass is 449 g/mol. The molecule has 6 nitrogen and oxygen atoms in total. The fraction of sp³-hybridized carbons (Fsp3) is 0.273. The zero-order valence-electron chi connectivity index (χ0n) is 16.0. The van der Waals surface area contributed by atoms with Crippen LogP contribution in [0.25, 0.3) is 33.7 Å². The van der Waals surface area contributed by atoms with Crippen molar-refractivity contribution in [3.63, 3.8) is 0 Å². The summed E-state index contributed by atoms with van der Waals surface area (Å²) in [6.07, 6.45) is 6.98. The highest BCUT2D eigenvalue weighted by atomic mass is 79.9. The number of halogens is 1. The van der Waals surface area contributed by atoms with Gasteiger partial charge in [-0.05, 0) is 72.4 Å². The van der Waals surface area contributed by atoms with Gasteiger partial charge in [-0.2, -0.15) is 5.10 Å². The Hall–Kier alpha value is -2.64. The first-order valence-corrected chi connectivity index (χ1v) is 10.5. The first-order valence-electron chi connectivity index (χ1n) is 9.75. The van der Waals surface area contributed by atoms with E-state index >= 15 is 0 Å². The molecular formula is C22H20BrN5O. The van der Waals surface area contributed by atoms with Crippen LogP contribution in [0.3, 0.4) is 0 Å². The maximum absolute atomic E-state index is 5.96. The van der Waals surface area contributed by atoms with Crippen molar-refractivity contribution in [2.24, 2.45) is 0 Å². The summed E-state index contributed by atoms with van der Waals surface area (Å²) in [6.45, 7) is 2.76. The van der Waals surface area contributed by atoms with Crippen LogP contribution in [0.1, 0.15) is 31.2 Å². The van der Waals surface area contributed by atoms with E-state index in [-0.39, 0.29) is 6.23 Å². The number of fused-ring (bicyclic) bond motifs is 1. The van der Waals surface area contributed by atoms with Crippen LogP contribution >= 0.6 is 15.9 Å². The van der Waals surface area contributed by atoms with Gasteiger partial charge in [-0.1, -0.05) is 6.07 Å². The number of aryl methyl sites for hydroxylation is 1. The lowest BCUT2D eigenvalue weighted by Gasteiger charge is -2.22. The standard InChI is InChI=1S/C22H20BrN5O/c1-14-5-4-6-19(25-14)22-16(13-28(27-22)21-7-2-3-10-29-21)17-8-9-18-20(26-17)11-15(23)12-24-18/h4-6,8-9,11-13,21H,2-3,7,10H2,1H3. The van der Waals surface area contributed by atoms with Gasteiger partial charge < -0.3 is 4.74 Å². The van der Waals surface area contributed by atoms with Gasteiger partial charge in [0.25, 0.3) is 0 Å². The van der Waals surface area contributed by atoms with Gasteiger partial charge in [0.05, 0.1) is 22.4 Å². The molecule has 1 fully saturated rings. The summed E-state index contributed by atoms with van der Waals surface area (Å²) in [5.41, 5.74) is 6.09. The Balaban J connectivity index is 1.66. The first kappa shape index (κ1) is 18.4. The molecule has 4 aromatic rings. The topological polar surface area (TPSA) is 65.7 Å². The molecule has 0 N–H and O–H groups in total. The van der Waals surface area contributed by atoms with E-state index in [2.05, 4.69) is 20.9 Å². The van der Waals surface area contributed by atoms with Gasteiger partial charge in [-0.25, -0.2) is 9.67 Å². The van der Waals surface area contributed by atoms with Gasteiger partial charge in [0.15, 0.2) is 0 Å². The molecule has 5 rings (SSSR count). The largest absolute Gasteiger partial charge is 0.357 e. The van der Waals surface area contributed by atoms with E-state index in [0.717, 1.165) is 69.7 Å². The summed E-state index contributed by atoms with van der Waals surface area (Å²) in [7, 11) is 0. The quantitative estimate of drug-likeness (QED) is 0.423. The third-order valence-corrected chi connectivity index (χ3v) is 5.53. The van der Waals surface area contributed by atoms with Crippen LogP contribution in [0.5, 0.6) is 0 Å². The fourth-order valence-corrected chi connectivity index (χ4v) is 3.97. The zero-order chi connectivity index (χ0) is 19.8. The van der Waals surface area contributed by atoms with Crippen molar-refractivity contribution < 1.29 is 4.74 Å². The second-order valence-corrected chi connectivity index (χ2v) is 8.16. The van der Waals surface area contributed by atoms with E-state index < -0.39 is 0 Å². The molecular weight excluding hydrogens is 430 g/mol. The second kappa shape index (κ2) is 7.65. The normalized spacial score (nSPS) is 17.0. The first-order chi connectivity index (χ1) is 14.2. The van der Waals surface area contributed by atoms with Crippen molar-refractivity contribution in [3.05, 3.63) is 59.0 Å². The molecule has 0 radical (unpaired) electrons. The summed E-state index contributed by atoms with van der Waals surface area (Å²) < 4.78 is 8.79. The summed E-state index contributed by atoms with van der Waals surface area (Å²) >= 11 is 3.48. The fourth-order valence-electron chi connectivity index (χ4n) is 3.66. The predicted octanol–water partition coefficient (Wildman–Crippen LogP) is 5.33. The molecule has 0 aromatic carbocycles. The Bertz CT molecular complexity index is 1180. The number of aromatic nitrogens is 5. The summed E-state index contributed by atoms with van der Waals surface area (Å²) in [6, 6.07) is 11.9. The Morgan fingerprint density at radius 3 is 2.83 bits per heavy atom. The zero-order valence-corrected chi connectivity index (χ0v) is 17.6. The lowest BCUT2D eigenvalue weighted by Crippen LogP contribution is -2.18. The number of nitrogens with zero attached hydrogens (tertiary/aromatic N) is 5. The van der Waals surface area contributed by atoms with Crippen molar-refractivity contribution in [1.82, 2.24) is 24.7 Å². The van der Waals surface area contributed by atoms with E-state index in [1.54, 1.807) is 6.20 Å². The average molecular weight is 450 g/mol. The van der Waals surface area contributed by atoms with Crippen molar-refractivity contribution >= 4 is 27.0 Å². The van der Waals surface area contributed by atoms with E-state index in [1.165, 1.54) is 0 Å². The Kier molecular flexibility index (Phi) is 4.85. The Morgan fingerprint density at radius 2 is 2.00 bits per heavy atom. The lowest BCUT2D eigenvalue weighted by atomic mass is 10.1. The van der Waals surface area contributed by atoms with Gasteiger partial charge in [-0.15, -0.1) is 0 Å². The Labute approximate surface area is 177 Å². The van der Waals surface area contributed by atoms with Crippen LogP contribution in [0.2, 0.25) is 0 Å². The van der Waals surface area contributed by atoms with E-state index in [4.69, 9.17) is 19.8 Å². The van der Waals surface area contributed by atoms with Crippen molar-refractivity contribution in [2.45, 2.75) is 32.4 Å². The SMILES string of the molecule is Cc1cccc(-c2nn(C3CCCCO3)cc2-c2ccc3ncc(Br)cc3n2)n1. The molecule has 29 heavy (non-hydrogen) atoms. The highest BCUT2D eigenvalue weighted by Gasteiger charge is 2.22. The highest BCUT2D eigenvalue weighted by Crippen LogP contribution is 2.33. The molecule has 0 amide bonds.